The summed E-state index contributed by atoms with van der Waals surface area (Å²) in [5.74, 6) is -0.148. The minimum atomic E-state index is -0.148. The summed E-state index contributed by atoms with van der Waals surface area (Å²) in [6.07, 6.45) is 0. The molecule has 0 aromatic heterocycles. The van der Waals surface area contributed by atoms with Crippen LogP contribution in [-0.4, -0.2) is 18.5 Å². The number of amides is 1. The van der Waals surface area contributed by atoms with Gasteiger partial charge in [-0.1, -0.05) is 11.6 Å². The molecule has 0 heterocycles. The molecule has 1 aromatic rings. The van der Waals surface area contributed by atoms with Gasteiger partial charge in [-0.3, -0.25) is 4.79 Å². The molecule has 0 aliphatic heterocycles. The molecule has 82 valence electrons. The molecule has 1 unspecified atom stereocenters. The summed E-state index contributed by atoms with van der Waals surface area (Å²) < 4.78 is 0.706. The molecule has 0 radical (unpaired) electrons. The first kappa shape index (κ1) is 12.5. The highest BCUT2D eigenvalue weighted by molar-refractivity contribution is 9.10. The quantitative estimate of drug-likeness (QED) is 0.897. The van der Waals surface area contributed by atoms with E-state index in [9.17, 15) is 4.79 Å². The molecular formula is C10H12BrClN2O. The van der Waals surface area contributed by atoms with Crippen molar-refractivity contribution in [3.8, 4) is 0 Å². The van der Waals surface area contributed by atoms with Gasteiger partial charge in [0.1, 0.15) is 0 Å². The number of hydrogen-bond acceptors (Lipinski definition) is 2. The third-order valence-corrected chi connectivity index (χ3v) is 2.98. The van der Waals surface area contributed by atoms with Crippen LogP contribution in [0.5, 0.6) is 0 Å². The number of carbonyl (C=O) groups excluding carboxylic acids is 1. The zero-order valence-corrected chi connectivity index (χ0v) is 10.6. The van der Waals surface area contributed by atoms with Crippen LogP contribution in [0.2, 0.25) is 5.02 Å². The first-order valence-corrected chi connectivity index (χ1v) is 5.66. The van der Waals surface area contributed by atoms with E-state index < -0.39 is 0 Å². The van der Waals surface area contributed by atoms with Crippen LogP contribution < -0.4 is 11.1 Å². The number of carbonyl (C=O) groups is 1. The van der Waals surface area contributed by atoms with Gasteiger partial charge in [-0.15, -0.1) is 0 Å². The second kappa shape index (κ2) is 5.49. The van der Waals surface area contributed by atoms with Crippen molar-refractivity contribution in [2.45, 2.75) is 13.0 Å². The minimum absolute atomic E-state index is 0.0512. The van der Waals surface area contributed by atoms with E-state index in [4.69, 9.17) is 17.3 Å². The van der Waals surface area contributed by atoms with Gasteiger partial charge in [0.05, 0.1) is 5.02 Å². The highest BCUT2D eigenvalue weighted by Crippen LogP contribution is 2.23. The Balaban J connectivity index is 2.70. The number of rotatable bonds is 3. The fourth-order valence-corrected chi connectivity index (χ4v) is 1.49. The van der Waals surface area contributed by atoms with E-state index in [0.29, 0.717) is 21.6 Å². The number of benzene rings is 1. The average molecular weight is 292 g/mol. The van der Waals surface area contributed by atoms with E-state index in [1.807, 2.05) is 6.92 Å². The van der Waals surface area contributed by atoms with E-state index in [-0.39, 0.29) is 11.9 Å². The van der Waals surface area contributed by atoms with Crippen LogP contribution in [-0.2, 0) is 0 Å². The normalized spacial score (nSPS) is 12.3. The van der Waals surface area contributed by atoms with Gasteiger partial charge in [0.25, 0.3) is 5.91 Å². The standard InChI is InChI=1S/C10H12BrClN2O/c1-6(13)5-14-10(15)7-2-3-9(12)8(11)4-7/h2-4,6H,5,13H2,1H3,(H,14,15). The highest BCUT2D eigenvalue weighted by Gasteiger charge is 2.07. The van der Waals surface area contributed by atoms with Crippen molar-refractivity contribution in [1.82, 2.24) is 5.32 Å². The van der Waals surface area contributed by atoms with Gasteiger partial charge in [-0.05, 0) is 41.1 Å². The summed E-state index contributed by atoms with van der Waals surface area (Å²) >= 11 is 9.07. The molecule has 1 rings (SSSR count). The number of nitrogens with two attached hydrogens (primary N) is 1. The lowest BCUT2D eigenvalue weighted by molar-refractivity contribution is 0.0951. The van der Waals surface area contributed by atoms with Crippen molar-refractivity contribution in [3.05, 3.63) is 33.3 Å². The molecule has 1 amide bonds. The molecular weight excluding hydrogens is 279 g/mol. The van der Waals surface area contributed by atoms with Gasteiger partial charge in [0.15, 0.2) is 0 Å². The van der Waals surface area contributed by atoms with Crippen LogP contribution in [0.3, 0.4) is 0 Å². The third-order valence-electron chi connectivity index (χ3n) is 1.77. The summed E-state index contributed by atoms with van der Waals surface area (Å²) in [6, 6.07) is 4.97. The minimum Gasteiger partial charge on any atom is -0.350 e. The molecule has 0 aliphatic rings. The fourth-order valence-electron chi connectivity index (χ4n) is 0.993. The molecule has 0 saturated carbocycles. The summed E-state index contributed by atoms with van der Waals surface area (Å²) in [5.41, 5.74) is 6.09. The number of halogens is 2. The van der Waals surface area contributed by atoms with E-state index in [2.05, 4.69) is 21.2 Å². The molecule has 0 fully saturated rings. The summed E-state index contributed by atoms with van der Waals surface area (Å²) in [4.78, 5) is 11.6. The topological polar surface area (TPSA) is 55.1 Å². The molecule has 0 bridgehead atoms. The van der Waals surface area contributed by atoms with Crippen LogP contribution in [0, 0.1) is 0 Å². The number of hydrogen-bond donors (Lipinski definition) is 2. The first-order chi connectivity index (χ1) is 7.00. The number of nitrogens with one attached hydrogen (secondary N) is 1. The largest absolute Gasteiger partial charge is 0.350 e. The maximum Gasteiger partial charge on any atom is 0.251 e. The van der Waals surface area contributed by atoms with E-state index in [1.54, 1.807) is 18.2 Å². The monoisotopic (exact) mass is 290 g/mol. The Morgan fingerprint density at radius 2 is 2.33 bits per heavy atom. The Morgan fingerprint density at radius 3 is 2.87 bits per heavy atom. The molecule has 1 atom stereocenters. The SMILES string of the molecule is CC(N)CNC(=O)c1ccc(Cl)c(Br)c1. The summed E-state index contributed by atoms with van der Waals surface area (Å²) in [7, 11) is 0. The Labute approximate surface area is 102 Å². The highest BCUT2D eigenvalue weighted by atomic mass is 79.9. The lowest BCUT2D eigenvalue weighted by Gasteiger charge is -2.08. The van der Waals surface area contributed by atoms with Crippen LogP contribution in [0.1, 0.15) is 17.3 Å². The van der Waals surface area contributed by atoms with Crippen molar-refractivity contribution in [1.29, 1.82) is 0 Å². The summed E-state index contributed by atoms with van der Waals surface area (Å²) in [6.45, 7) is 2.29. The van der Waals surface area contributed by atoms with Crippen LogP contribution >= 0.6 is 27.5 Å². The molecule has 0 aliphatic carbocycles. The molecule has 1 aromatic carbocycles. The third kappa shape index (κ3) is 3.81. The van der Waals surface area contributed by atoms with Crippen molar-refractivity contribution in [2.75, 3.05) is 6.54 Å². The zero-order chi connectivity index (χ0) is 11.4. The Kier molecular flexibility index (Phi) is 4.57. The van der Waals surface area contributed by atoms with Crippen LogP contribution in [0.4, 0.5) is 0 Å². The van der Waals surface area contributed by atoms with Crippen molar-refractivity contribution >= 4 is 33.4 Å². The maximum absolute atomic E-state index is 11.6. The first-order valence-electron chi connectivity index (χ1n) is 4.49. The molecule has 3 N–H and O–H groups in total. The zero-order valence-electron chi connectivity index (χ0n) is 8.26. The smallest absolute Gasteiger partial charge is 0.251 e. The lowest BCUT2D eigenvalue weighted by Crippen LogP contribution is -2.35. The molecule has 5 heteroatoms. The van der Waals surface area contributed by atoms with Gasteiger partial charge in [0, 0.05) is 22.6 Å². The molecule has 0 saturated heterocycles. The fraction of sp³-hybridized carbons (Fsp3) is 0.300. The van der Waals surface area contributed by atoms with Gasteiger partial charge < -0.3 is 11.1 Å². The predicted octanol–water partition coefficient (Wildman–Crippen LogP) is 2.18. The van der Waals surface area contributed by atoms with Gasteiger partial charge in [-0.2, -0.15) is 0 Å². The van der Waals surface area contributed by atoms with Crippen molar-refractivity contribution in [2.24, 2.45) is 5.73 Å². The summed E-state index contributed by atoms with van der Waals surface area (Å²) in [5, 5.41) is 3.30. The second-order valence-corrected chi connectivity index (χ2v) is 4.58. The second-order valence-electron chi connectivity index (χ2n) is 3.32. The molecule has 0 spiro atoms. The Hall–Kier alpha value is -0.580. The van der Waals surface area contributed by atoms with Gasteiger partial charge >= 0.3 is 0 Å². The van der Waals surface area contributed by atoms with Gasteiger partial charge in [0.2, 0.25) is 0 Å². The molecule has 3 nitrogen and oxygen atoms in total. The van der Waals surface area contributed by atoms with E-state index >= 15 is 0 Å². The molecule has 15 heavy (non-hydrogen) atoms. The Morgan fingerprint density at radius 1 is 1.67 bits per heavy atom. The average Bonchev–Trinajstić information content (AvgIpc) is 2.18. The van der Waals surface area contributed by atoms with E-state index in [1.165, 1.54) is 0 Å². The van der Waals surface area contributed by atoms with E-state index in [0.717, 1.165) is 0 Å². The maximum atomic E-state index is 11.6. The van der Waals surface area contributed by atoms with Crippen LogP contribution in [0.15, 0.2) is 22.7 Å². The van der Waals surface area contributed by atoms with Crippen molar-refractivity contribution in [3.63, 3.8) is 0 Å². The predicted molar refractivity (Wildman–Crippen MR) is 65.1 cm³/mol. The van der Waals surface area contributed by atoms with Gasteiger partial charge in [-0.25, -0.2) is 0 Å². The lowest BCUT2D eigenvalue weighted by atomic mass is 10.2. The van der Waals surface area contributed by atoms with Crippen molar-refractivity contribution < 1.29 is 4.79 Å². The Bertz CT molecular complexity index is 368. The van der Waals surface area contributed by atoms with Crippen LogP contribution in [0.25, 0.3) is 0 Å².